The van der Waals surface area contributed by atoms with Gasteiger partial charge in [0.25, 0.3) is 0 Å². The lowest BCUT2D eigenvalue weighted by Crippen LogP contribution is -2.31. The van der Waals surface area contributed by atoms with Crippen LogP contribution in [-0.4, -0.2) is 23.1 Å². The van der Waals surface area contributed by atoms with Crippen LogP contribution in [-0.2, 0) is 28.9 Å². The summed E-state index contributed by atoms with van der Waals surface area (Å²) in [6.45, 7) is 2.24. The van der Waals surface area contributed by atoms with E-state index in [2.05, 4.69) is 21.7 Å². The molecule has 1 aliphatic rings. The fourth-order valence-corrected chi connectivity index (χ4v) is 5.91. The van der Waals surface area contributed by atoms with E-state index in [1.54, 1.807) is 17.4 Å². The number of nitriles is 1. The number of nitrogens with one attached hydrogen (secondary N) is 2. The fourth-order valence-electron chi connectivity index (χ4n) is 3.40. The molecule has 0 aromatic carbocycles. The number of thiazole rings is 1. The summed E-state index contributed by atoms with van der Waals surface area (Å²) < 4.78 is 5.57. The van der Waals surface area contributed by atoms with Gasteiger partial charge in [-0.15, -0.1) is 22.7 Å². The molecule has 0 aliphatic heterocycles. The Hall–Kier alpha value is -3.00. The maximum Gasteiger partial charge on any atom is 0.407 e. The Bertz CT molecular complexity index is 1190. The zero-order valence-electron chi connectivity index (χ0n) is 17.2. The van der Waals surface area contributed by atoms with Gasteiger partial charge in [0, 0.05) is 22.8 Å². The van der Waals surface area contributed by atoms with E-state index in [0.29, 0.717) is 36.4 Å². The number of carbonyl (C=O) groups is 2. The van der Waals surface area contributed by atoms with Gasteiger partial charge in [0.2, 0.25) is 5.91 Å². The molecule has 0 fully saturated rings. The van der Waals surface area contributed by atoms with Crippen molar-refractivity contribution >= 4 is 57.1 Å². The second-order valence-electron chi connectivity index (χ2n) is 7.18. The van der Waals surface area contributed by atoms with Crippen molar-refractivity contribution in [1.82, 2.24) is 10.3 Å². The van der Waals surface area contributed by atoms with Crippen molar-refractivity contribution in [2.75, 3.05) is 5.32 Å². The summed E-state index contributed by atoms with van der Waals surface area (Å²) in [4.78, 5) is 29.8. The van der Waals surface area contributed by atoms with Gasteiger partial charge in [-0.3, -0.25) is 4.79 Å². The molecule has 2 amide bonds. The standard InChI is InChI=1S/C22H20N4O3S3/c1-13-25-15(12-31-13)10-24-22(28)29-16-3-4-17-18(9-23)21(32-19(17)8-16)26-20(27)5-2-14-6-7-30-11-14/h2,5-7,11-12,16H,3-4,8,10H2,1H3,(H,24,28)(H,26,27)/b5-2+. The lowest BCUT2D eigenvalue weighted by molar-refractivity contribution is -0.111. The molecule has 2 N–H and O–H groups in total. The number of hydrogen-bond donors (Lipinski definition) is 2. The molecule has 0 saturated carbocycles. The largest absolute Gasteiger partial charge is 0.446 e. The molecule has 10 heteroatoms. The maximum absolute atomic E-state index is 12.3. The molecule has 0 radical (unpaired) electrons. The summed E-state index contributed by atoms with van der Waals surface area (Å²) >= 11 is 4.47. The lowest BCUT2D eigenvalue weighted by atomic mass is 9.94. The molecule has 3 heterocycles. The van der Waals surface area contributed by atoms with Crippen LogP contribution in [0.5, 0.6) is 0 Å². The van der Waals surface area contributed by atoms with Gasteiger partial charge in [0.05, 0.1) is 22.8 Å². The molecule has 0 bridgehead atoms. The zero-order valence-corrected chi connectivity index (χ0v) is 19.7. The van der Waals surface area contributed by atoms with E-state index in [1.807, 2.05) is 29.1 Å². The third kappa shape index (κ3) is 5.43. The summed E-state index contributed by atoms with van der Waals surface area (Å²) in [5.74, 6) is -0.282. The van der Waals surface area contributed by atoms with Crippen LogP contribution < -0.4 is 10.6 Å². The smallest absolute Gasteiger partial charge is 0.407 e. The summed E-state index contributed by atoms with van der Waals surface area (Å²) in [6.07, 6.45) is 4.23. The minimum absolute atomic E-state index is 0.271. The zero-order chi connectivity index (χ0) is 22.5. The summed E-state index contributed by atoms with van der Waals surface area (Å²) in [5, 5.41) is 22.5. The van der Waals surface area contributed by atoms with E-state index in [9.17, 15) is 14.9 Å². The first-order valence-corrected chi connectivity index (χ1v) is 12.6. The van der Waals surface area contributed by atoms with Crippen molar-refractivity contribution in [2.24, 2.45) is 0 Å². The molecule has 3 aromatic heterocycles. The maximum atomic E-state index is 12.3. The Morgan fingerprint density at radius 1 is 1.41 bits per heavy atom. The van der Waals surface area contributed by atoms with Crippen LogP contribution >= 0.6 is 34.0 Å². The van der Waals surface area contributed by atoms with Crippen molar-refractivity contribution < 1.29 is 14.3 Å². The highest BCUT2D eigenvalue weighted by Crippen LogP contribution is 2.38. The first-order chi connectivity index (χ1) is 15.5. The van der Waals surface area contributed by atoms with Gasteiger partial charge in [-0.25, -0.2) is 9.78 Å². The number of rotatable bonds is 6. The Balaban J connectivity index is 1.35. The number of amides is 2. The number of anilines is 1. The van der Waals surface area contributed by atoms with Gasteiger partial charge >= 0.3 is 6.09 Å². The quantitative estimate of drug-likeness (QED) is 0.485. The monoisotopic (exact) mass is 484 g/mol. The predicted octanol–water partition coefficient (Wildman–Crippen LogP) is 4.88. The molecule has 1 unspecified atom stereocenters. The van der Waals surface area contributed by atoms with Crippen LogP contribution in [0.15, 0.2) is 28.3 Å². The number of carbonyl (C=O) groups excluding carboxylic acids is 2. The molecule has 7 nitrogen and oxygen atoms in total. The van der Waals surface area contributed by atoms with Crippen LogP contribution in [0.1, 0.15) is 38.7 Å². The first kappa shape index (κ1) is 22.2. The van der Waals surface area contributed by atoms with Crippen molar-refractivity contribution in [1.29, 1.82) is 5.26 Å². The second kappa shape index (κ2) is 10.1. The molecule has 1 aliphatic carbocycles. The summed E-state index contributed by atoms with van der Waals surface area (Å²) in [5.41, 5.74) is 3.21. The average Bonchev–Trinajstić information content (AvgIpc) is 3.50. The van der Waals surface area contributed by atoms with Gasteiger partial charge in [-0.05, 0) is 53.8 Å². The molecular weight excluding hydrogens is 464 g/mol. The number of aryl methyl sites for hydroxylation is 1. The highest BCUT2D eigenvalue weighted by molar-refractivity contribution is 7.16. The van der Waals surface area contributed by atoms with Gasteiger partial charge < -0.3 is 15.4 Å². The van der Waals surface area contributed by atoms with E-state index >= 15 is 0 Å². The molecule has 0 saturated heterocycles. The number of thiophene rings is 2. The fraction of sp³-hybridized carbons (Fsp3) is 0.273. The summed E-state index contributed by atoms with van der Waals surface area (Å²) in [6, 6.07) is 4.15. The number of ether oxygens (including phenoxy) is 1. The van der Waals surface area contributed by atoms with Crippen molar-refractivity contribution in [3.05, 3.63) is 60.6 Å². The van der Waals surface area contributed by atoms with E-state index in [1.165, 1.54) is 28.7 Å². The number of fused-ring (bicyclic) bond motifs is 1. The Morgan fingerprint density at radius 2 is 2.28 bits per heavy atom. The van der Waals surface area contributed by atoms with E-state index in [0.717, 1.165) is 26.7 Å². The number of alkyl carbamates (subject to hydrolysis) is 1. The molecule has 32 heavy (non-hydrogen) atoms. The topological polar surface area (TPSA) is 104 Å². The van der Waals surface area contributed by atoms with Crippen molar-refractivity contribution in [2.45, 2.75) is 38.8 Å². The highest BCUT2D eigenvalue weighted by Gasteiger charge is 2.28. The van der Waals surface area contributed by atoms with Crippen LogP contribution in [0, 0.1) is 18.3 Å². The Morgan fingerprint density at radius 3 is 3.00 bits per heavy atom. The first-order valence-electron chi connectivity index (χ1n) is 9.93. The molecule has 164 valence electrons. The highest BCUT2D eigenvalue weighted by atomic mass is 32.1. The van der Waals surface area contributed by atoms with Crippen LogP contribution in [0.2, 0.25) is 0 Å². The number of nitrogens with zero attached hydrogens (tertiary/aromatic N) is 2. The molecule has 3 aromatic rings. The lowest BCUT2D eigenvalue weighted by Gasteiger charge is -2.22. The van der Waals surface area contributed by atoms with E-state index < -0.39 is 6.09 Å². The third-order valence-corrected chi connectivity index (χ3v) is 7.59. The summed E-state index contributed by atoms with van der Waals surface area (Å²) in [7, 11) is 0. The Kier molecular flexibility index (Phi) is 6.99. The Labute approximate surface area is 197 Å². The predicted molar refractivity (Wildman–Crippen MR) is 127 cm³/mol. The third-order valence-electron chi connectivity index (χ3n) is 4.89. The van der Waals surface area contributed by atoms with Crippen molar-refractivity contribution in [3.8, 4) is 6.07 Å². The minimum atomic E-state index is -0.478. The normalized spacial score (nSPS) is 15.2. The van der Waals surface area contributed by atoms with Gasteiger partial charge in [0.1, 0.15) is 17.2 Å². The van der Waals surface area contributed by atoms with E-state index in [-0.39, 0.29) is 12.0 Å². The second-order valence-corrected chi connectivity index (χ2v) is 10.1. The van der Waals surface area contributed by atoms with Crippen LogP contribution in [0.25, 0.3) is 6.08 Å². The van der Waals surface area contributed by atoms with Gasteiger partial charge in [0.15, 0.2) is 0 Å². The SMILES string of the molecule is Cc1nc(CNC(=O)OC2CCc3c(sc(NC(=O)/C=C/c4ccsc4)c3C#N)C2)cs1. The van der Waals surface area contributed by atoms with Gasteiger partial charge in [-0.2, -0.15) is 16.6 Å². The number of hydrogen-bond acceptors (Lipinski definition) is 8. The number of aromatic nitrogens is 1. The minimum Gasteiger partial charge on any atom is -0.446 e. The average molecular weight is 485 g/mol. The molecular formula is C22H20N4O3S3. The molecule has 4 rings (SSSR count). The van der Waals surface area contributed by atoms with E-state index in [4.69, 9.17) is 4.74 Å². The van der Waals surface area contributed by atoms with Crippen LogP contribution in [0.4, 0.5) is 9.80 Å². The molecule has 0 spiro atoms. The van der Waals surface area contributed by atoms with Crippen LogP contribution in [0.3, 0.4) is 0 Å². The van der Waals surface area contributed by atoms with Gasteiger partial charge in [-0.1, -0.05) is 0 Å². The molecule has 1 atom stereocenters. The van der Waals surface area contributed by atoms with Crippen molar-refractivity contribution in [3.63, 3.8) is 0 Å².